The molecule has 0 aromatic heterocycles. The Kier molecular flexibility index (Phi) is 5.81. The summed E-state index contributed by atoms with van der Waals surface area (Å²) in [5.41, 5.74) is 1.53. The van der Waals surface area contributed by atoms with Gasteiger partial charge in [-0.3, -0.25) is 9.59 Å². The predicted octanol–water partition coefficient (Wildman–Crippen LogP) is 8.05. The van der Waals surface area contributed by atoms with Gasteiger partial charge in [-0.2, -0.15) is 0 Å². The van der Waals surface area contributed by atoms with Crippen molar-refractivity contribution >= 4 is 46.3 Å². The van der Waals surface area contributed by atoms with Crippen molar-refractivity contribution in [2.45, 2.75) is 63.7 Å². The molecule has 4 aromatic rings. The molecule has 38 heavy (non-hydrogen) atoms. The lowest BCUT2D eigenvalue weighted by Crippen LogP contribution is -2.52. The number of methoxy groups -OCH3 is 1. The minimum Gasteiger partial charge on any atom is -0.496 e. The van der Waals surface area contributed by atoms with E-state index in [4.69, 9.17) is 4.74 Å². The highest BCUT2D eigenvalue weighted by atomic mass is 31.1. The molecule has 2 fully saturated rings. The molecule has 1 saturated carbocycles. The van der Waals surface area contributed by atoms with Crippen molar-refractivity contribution in [3.8, 4) is 16.9 Å². The minimum absolute atomic E-state index is 0.160. The Labute approximate surface area is 226 Å². The maximum absolute atomic E-state index is 13.2. The van der Waals surface area contributed by atoms with E-state index in [0.29, 0.717) is 25.7 Å². The minimum atomic E-state index is -0.819. The summed E-state index contributed by atoms with van der Waals surface area (Å²) in [7, 11) is 0.965. The molecule has 0 atom stereocenters. The lowest BCUT2D eigenvalue weighted by molar-refractivity contribution is -0.137. The second-order valence-electron chi connectivity index (χ2n) is 12.3. The summed E-state index contributed by atoms with van der Waals surface area (Å²) in [5.74, 6) is 1.18. The maximum Gasteiger partial charge on any atom is 0.146 e. The van der Waals surface area contributed by atoms with Gasteiger partial charge >= 0.3 is 0 Å². The zero-order chi connectivity index (χ0) is 26.9. The van der Waals surface area contributed by atoms with E-state index in [1.165, 1.54) is 32.4 Å². The molecule has 1 saturated heterocycles. The van der Waals surface area contributed by atoms with Gasteiger partial charge in [0.05, 0.1) is 12.5 Å². The number of ether oxygens (including phenoxy) is 1. The van der Waals surface area contributed by atoms with Crippen molar-refractivity contribution in [1.82, 2.24) is 0 Å². The summed E-state index contributed by atoms with van der Waals surface area (Å²) in [6.07, 6.45) is 2.06. The number of carbonyl (C=O) groups is 2. The molecule has 0 radical (unpaired) electrons. The van der Waals surface area contributed by atoms with Crippen LogP contribution in [0.3, 0.4) is 0 Å². The SMILES string of the molecule is COc1ccc2ccccc2c1-c1c(P2C(C)(C)CC3(CC2(C)C)C(=O)CCC3=O)ccc2ccccc12. The first-order chi connectivity index (χ1) is 18.1. The molecule has 194 valence electrons. The largest absolute Gasteiger partial charge is 0.496 e. The number of Topliss-reactive ketones (excluding diaryl/α,β-unsaturated/α-hetero) is 2. The molecule has 4 heteroatoms. The average molecular weight is 523 g/mol. The Bertz CT molecular complexity index is 1580. The van der Waals surface area contributed by atoms with Crippen LogP contribution in [-0.4, -0.2) is 29.0 Å². The second-order valence-corrected chi connectivity index (χ2v) is 15.9. The van der Waals surface area contributed by atoms with Gasteiger partial charge in [0.15, 0.2) is 0 Å². The van der Waals surface area contributed by atoms with Gasteiger partial charge in [-0.05, 0) is 56.1 Å². The van der Waals surface area contributed by atoms with Crippen molar-refractivity contribution in [2.75, 3.05) is 7.11 Å². The quantitative estimate of drug-likeness (QED) is 0.202. The fourth-order valence-electron chi connectivity index (χ4n) is 7.81. The Morgan fingerprint density at radius 2 is 1.16 bits per heavy atom. The van der Waals surface area contributed by atoms with Gasteiger partial charge in [-0.1, -0.05) is 102 Å². The fraction of sp³-hybridized carbons (Fsp3) is 0.353. The molecule has 0 N–H and O–H groups in total. The standard InChI is InChI=1S/C34H35O3P/c1-32(2)20-34(28(35)18-19-29(34)36)21-33(3,4)38(32)27-17-15-23-11-7-9-13-25(23)31(27)30-24-12-8-6-10-22(24)14-16-26(30)37-5/h6-17H,18-21H2,1-5H3. The van der Waals surface area contributed by atoms with Crippen LogP contribution in [0, 0.1) is 5.41 Å². The molecule has 1 spiro atoms. The summed E-state index contributed by atoms with van der Waals surface area (Å²) in [5, 5.41) is 5.67. The fourth-order valence-corrected chi connectivity index (χ4v) is 12.3. The normalized spacial score (nSPS) is 20.4. The second kappa shape index (κ2) is 8.75. The van der Waals surface area contributed by atoms with E-state index in [9.17, 15) is 9.59 Å². The Balaban J connectivity index is 1.67. The molecule has 0 amide bonds. The first kappa shape index (κ1) is 25.3. The van der Waals surface area contributed by atoms with E-state index in [0.717, 1.165) is 11.3 Å². The molecular weight excluding hydrogens is 487 g/mol. The molecule has 0 bridgehead atoms. The highest BCUT2D eigenvalue weighted by Crippen LogP contribution is 2.71. The average Bonchev–Trinajstić information content (AvgIpc) is 3.13. The van der Waals surface area contributed by atoms with Gasteiger partial charge < -0.3 is 4.74 Å². The highest BCUT2D eigenvalue weighted by molar-refractivity contribution is 7.69. The predicted molar refractivity (Wildman–Crippen MR) is 159 cm³/mol. The lowest BCUT2D eigenvalue weighted by atomic mass is 9.70. The van der Waals surface area contributed by atoms with E-state index in [1.54, 1.807) is 7.11 Å². The van der Waals surface area contributed by atoms with Gasteiger partial charge in [-0.25, -0.2) is 0 Å². The van der Waals surface area contributed by atoms with Crippen LogP contribution < -0.4 is 10.0 Å². The van der Waals surface area contributed by atoms with Crippen LogP contribution in [-0.2, 0) is 9.59 Å². The third-order valence-electron chi connectivity index (χ3n) is 8.83. The van der Waals surface area contributed by atoms with Crippen LogP contribution in [0.2, 0.25) is 0 Å². The first-order valence-corrected chi connectivity index (χ1v) is 14.9. The number of carbonyl (C=O) groups excluding carboxylic acids is 2. The van der Waals surface area contributed by atoms with E-state index < -0.39 is 13.3 Å². The molecule has 1 aliphatic heterocycles. The highest BCUT2D eigenvalue weighted by Gasteiger charge is 2.61. The smallest absolute Gasteiger partial charge is 0.146 e. The summed E-state index contributed by atoms with van der Waals surface area (Å²) in [6, 6.07) is 25.9. The number of hydrogen-bond acceptors (Lipinski definition) is 3. The zero-order valence-electron chi connectivity index (χ0n) is 22.9. The van der Waals surface area contributed by atoms with Crippen LogP contribution >= 0.6 is 7.92 Å². The topological polar surface area (TPSA) is 43.4 Å². The van der Waals surface area contributed by atoms with Gasteiger partial charge in [0.25, 0.3) is 0 Å². The van der Waals surface area contributed by atoms with Crippen molar-refractivity contribution < 1.29 is 14.3 Å². The van der Waals surface area contributed by atoms with Gasteiger partial charge in [0.1, 0.15) is 17.3 Å². The van der Waals surface area contributed by atoms with Crippen molar-refractivity contribution in [2.24, 2.45) is 5.41 Å². The van der Waals surface area contributed by atoms with Crippen molar-refractivity contribution in [3.05, 3.63) is 72.8 Å². The summed E-state index contributed by atoms with van der Waals surface area (Å²) < 4.78 is 6.03. The summed E-state index contributed by atoms with van der Waals surface area (Å²) in [6.45, 7) is 9.16. The van der Waals surface area contributed by atoms with Gasteiger partial charge in [0.2, 0.25) is 0 Å². The summed E-state index contributed by atoms with van der Waals surface area (Å²) in [4.78, 5) is 26.5. The lowest BCUT2D eigenvalue weighted by Gasteiger charge is -2.56. The molecule has 3 nitrogen and oxygen atoms in total. The number of rotatable bonds is 3. The number of ketones is 2. The Hall–Kier alpha value is -3.03. The first-order valence-electron chi connectivity index (χ1n) is 13.5. The van der Waals surface area contributed by atoms with E-state index >= 15 is 0 Å². The monoisotopic (exact) mass is 522 g/mol. The van der Waals surface area contributed by atoms with Gasteiger partial charge in [0, 0.05) is 24.0 Å². The maximum atomic E-state index is 13.2. The summed E-state index contributed by atoms with van der Waals surface area (Å²) >= 11 is 0. The molecule has 0 unspecified atom stereocenters. The molecular formula is C34H35O3P. The van der Waals surface area contributed by atoms with Crippen LogP contribution in [0.15, 0.2) is 72.8 Å². The Morgan fingerprint density at radius 3 is 1.71 bits per heavy atom. The zero-order valence-corrected chi connectivity index (χ0v) is 23.8. The van der Waals surface area contributed by atoms with Crippen molar-refractivity contribution in [3.63, 3.8) is 0 Å². The molecule has 2 aliphatic rings. The van der Waals surface area contributed by atoms with Crippen LogP contribution in [0.4, 0.5) is 0 Å². The molecule has 4 aromatic carbocycles. The van der Waals surface area contributed by atoms with Gasteiger partial charge in [-0.15, -0.1) is 0 Å². The third-order valence-corrected chi connectivity index (χ3v) is 12.4. The number of fused-ring (bicyclic) bond motifs is 2. The molecule has 1 aliphatic carbocycles. The van der Waals surface area contributed by atoms with E-state index in [-0.39, 0.29) is 21.9 Å². The van der Waals surface area contributed by atoms with Crippen LogP contribution in [0.5, 0.6) is 5.75 Å². The number of hydrogen-bond donors (Lipinski definition) is 0. The molecule has 6 rings (SSSR count). The molecule has 1 heterocycles. The third kappa shape index (κ3) is 3.66. The van der Waals surface area contributed by atoms with Crippen LogP contribution in [0.1, 0.15) is 53.4 Å². The van der Waals surface area contributed by atoms with Crippen molar-refractivity contribution in [1.29, 1.82) is 0 Å². The van der Waals surface area contributed by atoms with Crippen LogP contribution in [0.25, 0.3) is 32.7 Å². The van der Waals surface area contributed by atoms with E-state index in [1.807, 2.05) is 0 Å². The Morgan fingerprint density at radius 1 is 0.658 bits per heavy atom. The number of benzene rings is 4. The van der Waals surface area contributed by atoms with E-state index in [2.05, 4.69) is 100 Å².